The second-order valence-corrected chi connectivity index (χ2v) is 3.83. The highest BCUT2D eigenvalue weighted by Crippen LogP contribution is 1.99. The minimum absolute atomic E-state index is 0.0615. The fourth-order valence-corrected chi connectivity index (χ4v) is 1.71. The molecule has 0 atom stereocenters. The van der Waals surface area contributed by atoms with Crippen molar-refractivity contribution < 1.29 is 0 Å². The molecule has 0 radical (unpaired) electrons. The van der Waals surface area contributed by atoms with Gasteiger partial charge in [-0.2, -0.15) is 5.10 Å². The van der Waals surface area contributed by atoms with Gasteiger partial charge in [-0.1, -0.05) is 0 Å². The lowest BCUT2D eigenvalue weighted by Gasteiger charge is -1.99. The van der Waals surface area contributed by atoms with Crippen LogP contribution in [0.2, 0.25) is 0 Å². The highest BCUT2D eigenvalue weighted by molar-refractivity contribution is 5.03. The summed E-state index contributed by atoms with van der Waals surface area (Å²) in [5.41, 5.74) is 1.21. The zero-order chi connectivity index (χ0) is 11.5. The summed E-state index contributed by atoms with van der Waals surface area (Å²) >= 11 is 0. The zero-order valence-electron chi connectivity index (χ0n) is 9.63. The van der Waals surface area contributed by atoms with E-state index < -0.39 is 0 Å². The first-order valence-corrected chi connectivity index (χ1v) is 5.44. The highest BCUT2D eigenvalue weighted by Gasteiger charge is 2.02. The molecule has 0 spiro atoms. The van der Waals surface area contributed by atoms with Gasteiger partial charge >= 0.3 is 5.69 Å². The van der Waals surface area contributed by atoms with Crippen LogP contribution in [-0.4, -0.2) is 18.9 Å². The summed E-state index contributed by atoms with van der Waals surface area (Å²) in [5.74, 6) is 0. The van der Waals surface area contributed by atoms with E-state index in [0.717, 1.165) is 18.5 Å². The molecule has 2 aromatic heterocycles. The standard InChI is InChI=1S/C11H16N4O/c1-3-14-6-7-15(11(14)16)5-4-10-8-12-13(2)9-10/h6-9H,3-5H2,1-2H3. The molecule has 16 heavy (non-hydrogen) atoms. The minimum atomic E-state index is 0.0615. The lowest BCUT2D eigenvalue weighted by atomic mass is 10.2. The first-order valence-electron chi connectivity index (χ1n) is 5.44. The molecule has 86 valence electrons. The van der Waals surface area contributed by atoms with Crippen molar-refractivity contribution >= 4 is 0 Å². The number of aryl methyl sites for hydroxylation is 4. The Morgan fingerprint density at radius 3 is 2.62 bits per heavy atom. The van der Waals surface area contributed by atoms with Gasteiger partial charge in [-0.05, 0) is 18.9 Å². The van der Waals surface area contributed by atoms with Gasteiger partial charge in [-0.15, -0.1) is 0 Å². The molecule has 0 aliphatic carbocycles. The Morgan fingerprint density at radius 1 is 1.31 bits per heavy atom. The molecular formula is C11H16N4O. The van der Waals surface area contributed by atoms with Crippen molar-refractivity contribution in [3.8, 4) is 0 Å². The van der Waals surface area contributed by atoms with Crippen molar-refractivity contribution in [1.29, 1.82) is 0 Å². The minimum Gasteiger partial charge on any atom is -0.300 e. The van der Waals surface area contributed by atoms with E-state index in [9.17, 15) is 4.79 Å². The van der Waals surface area contributed by atoms with Crippen molar-refractivity contribution in [2.75, 3.05) is 0 Å². The van der Waals surface area contributed by atoms with Crippen molar-refractivity contribution in [3.63, 3.8) is 0 Å². The molecule has 0 aromatic carbocycles. The van der Waals surface area contributed by atoms with Gasteiger partial charge in [-0.3, -0.25) is 13.8 Å². The van der Waals surface area contributed by atoms with Crippen LogP contribution in [0.5, 0.6) is 0 Å². The van der Waals surface area contributed by atoms with Crippen LogP contribution in [-0.2, 0) is 26.6 Å². The maximum atomic E-state index is 11.7. The molecule has 2 heterocycles. The molecule has 2 aromatic rings. The number of nitrogens with zero attached hydrogens (tertiary/aromatic N) is 4. The maximum absolute atomic E-state index is 11.7. The van der Waals surface area contributed by atoms with Crippen molar-refractivity contribution in [2.45, 2.75) is 26.4 Å². The van der Waals surface area contributed by atoms with E-state index in [2.05, 4.69) is 5.10 Å². The number of aromatic nitrogens is 4. The summed E-state index contributed by atoms with van der Waals surface area (Å²) in [6.45, 7) is 3.39. The Labute approximate surface area is 93.9 Å². The van der Waals surface area contributed by atoms with Crippen molar-refractivity contribution in [2.24, 2.45) is 7.05 Å². The zero-order valence-corrected chi connectivity index (χ0v) is 9.63. The fourth-order valence-electron chi connectivity index (χ4n) is 1.71. The lowest BCUT2D eigenvalue weighted by molar-refractivity contribution is 0.626. The van der Waals surface area contributed by atoms with Gasteiger partial charge in [0.1, 0.15) is 0 Å². The Morgan fingerprint density at radius 2 is 2.06 bits per heavy atom. The van der Waals surface area contributed by atoms with Crippen molar-refractivity contribution in [1.82, 2.24) is 18.9 Å². The molecule has 0 N–H and O–H groups in total. The lowest BCUT2D eigenvalue weighted by Crippen LogP contribution is -2.24. The van der Waals surface area contributed by atoms with Crippen LogP contribution in [0, 0.1) is 0 Å². The third-order valence-electron chi connectivity index (χ3n) is 2.66. The third-order valence-corrected chi connectivity index (χ3v) is 2.66. The second kappa shape index (κ2) is 4.38. The van der Waals surface area contributed by atoms with Crippen LogP contribution in [0.3, 0.4) is 0 Å². The molecule has 0 saturated heterocycles. The van der Waals surface area contributed by atoms with Gasteiger partial charge in [0.05, 0.1) is 6.20 Å². The molecule has 0 fully saturated rings. The fraction of sp³-hybridized carbons (Fsp3) is 0.455. The van der Waals surface area contributed by atoms with Gasteiger partial charge in [-0.25, -0.2) is 4.79 Å². The maximum Gasteiger partial charge on any atom is 0.328 e. The van der Waals surface area contributed by atoms with E-state index in [0.29, 0.717) is 6.54 Å². The van der Waals surface area contributed by atoms with Gasteiger partial charge < -0.3 is 0 Å². The van der Waals surface area contributed by atoms with Crippen LogP contribution in [0.1, 0.15) is 12.5 Å². The molecule has 2 rings (SSSR count). The first-order chi connectivity index (χ1) is 7.70. The Balaban J connectivity index is 2.05. The van der Waals surface area contributed by atoms with E-state index >= 15 is 0 Å². The van der Waals surface area contributed by atoms with E-state index in [4.69, 9.17) is 0 Å². The summed E-state index contributed by atoms with van der Waals surface area (Å²) in [6, 6.07) is 0. The average Bonchev–Trinajstić information content (AvgIpc) is 2.83. The first kappa shape index (κ1) is 10.7. The normalized spacial score (nSPS) is 10.9. The topological polar surface area (TPSA) is 44.8 Å². The SMILES string of the molecule is CCn1ccn(CCc2cnn(C)c2)c1=O. The molecule has 5 heteroatoms. The predicted molar refractivity (Wildman–Crippen MR) is 61.3 cm³/mol. The van der Waals surface area contributed by atoms with Gasteiger partial charge in [0.2, 0.25) is 0 Å². The number of hydrogen-bond acceptors (Lipinski definition) is 2. The number of hydrogen-bond donors (Lipinski definition) is 0. The number of rotatable bonds is 4. The molecule has 5 nitrogen and oxygen atoms in total. The quantitative estimate of drug-likeness (QED) is 0.759. The summed E-state index contributed by atoms with van der Waals surface area (Å²) in [7, 11) is 1.89. The molecule has 0 unspecified atom stereocenters. The van der Waals surface area contributed by atoms with E-state index in [1.807, 2.05) is 38.8 Å². The summed E-state index contributed by atoms with van der Waals surface area (Å²) in [4.78, 5) is 11.7. The van der Waals surface area contributed by atoms with Crippen molar-refractivity contribution in [3.05, 3.63) is 40.8 Å². The van der Waals surface area contributed by atoms with Crippen LogP contribution >= 0.6 is 0 Å². The van der Waals surface area contributed by atoms with E-state index in [1.165, 1.54) is 0 Å². The summed E-state index contributed by atoms with van der Waals surface area (Å²) in [5, 5.41) is 4.10. The molecule has 0 bridgehead atoms. The number of imidazole rings is 1. The Hall–Kier alpha value is -1.78. The van der Waals surface area contributed by atoms with E-state index in [1.54, 1.807) is 13.8 Å². The third kappa shape index (κ3) is 2.08. The second-order valence-electron chi connectivity index (χ2n) is 3.83. The summed E-state index contributed by atoms with van der Waals surface area (Å²) < 4.78 is 5.20. The summed E-state index contributed by atoms with van der Waals surface area (Å²) in [6.07, 6.45) is 8.30. The Bertz CT molecular complexity index is 520. The smallest absolute Gasteiger partial charge is 0.300 e. The molecule has 0 amide bonds. The van der Waals surface area contributed by atoms with Gasteiger partial charge in [0.25, 0.3) is 0 Å². The predicted octanol–water partition coefficient (Wildman–Crippen LogP) is 0.646. The monoisotopic (exact) mass is 220 g/mol. The van der Waals surface area contributed by atoms with Crippen LogP contribution in [0.4, 0.5) is 0 Å². The molecular weight excluding hydrogens is 204 g/mol. The van der Waals surface area contributed by atoms with E-state index in [-0.39, 0.29) is 5.69 Å². The highest BCUT2D eigenvalue weighted by atomic mass is 16.1. The van der Waals surface area contributed by atoms with Crippen LogP contribution in [0.25, 0.3) is 0 Å². The van der Waals surface area contributed by atoms with Gasteiger partial charge in [0.15, 0.2) is 0 Å². The average molecular weight is 220 g/mol. The molecule has 0 aliphatic heterocycles. The largest absolute Gasteiger partial charge is 0.328 e. The Kier molecular flexibility index (Phi) is 2.94. The van der Waals surface area contributed by atoms with Gasteiger partial charge in [0, 0.05) is 38.7 Å². The van der Waals surface area contributed by atoms with Crippen LogP contribution in [0.15, 0.2) is 29.6 Å². The molecule has 0 aliphatic rings. The van der Waals surface area contributed by atoms with Crippen LogP contribution < -0.4 is 5.69 Å². The molecule has 0 saturated carbocycles.